The van der Waals surface area contributed by atoms with Crippen LogP contribution in [0.5, 0.6) is 0 Å². The SMILES string of the molecule is BC(CCCC)C(CCCC)C1OCCO1. The summed E-state index contributed by atoms with van der Waals surface area (Å²) < 4.78 is 11.4. The maximum atomic E-state index is 5.69. The molecule has 2 nitrogen and oxygen atoms in total. The summed E-state index contributed by atoms with van der Waals surface area (Å²) in [6, 6.07) is 0. The topological polar surface area (TPSA) is 18.5 Å². The van der Waals surface area contributed by atoms with Gasteiger partial charge in [-0.05, 0) is 6.42 Å². The highest BCUT2D eigenvalue weighted by molar-refractivity contribution is 6.11. The molecule has 94 valence electrons. The predicted octanol–water partition coefficient (Wildman–Crippen LogP) is 2.78. The third-order valence-electron chi connectivity index (χ3n) is 3.63. The first-order valence-corrected chi connectivity index (χ1v) is 7.02. The van der Waals surface area contributed by atoms with E-state index in [9.17, 15) is 0 Å². The van der Waals surface area contributed by atoms with Gasteiger partial charge < -0.3 is 9.47 Å². The lowest BCUT2D eigenvalue weighted by Crippen LogP contribution is -2.26. The fourth-order valence-electron chi connectivity index (χ4n) is 2.49. The summed E-state index contributed by atoms with van der Waals surface area (Å²) in [4.78, 5) is 0. The molecule has 3 heteroatoms. The second-order valence-electron chi connectivity index (χ2n) is 5.04. The smallest absolute Gasteiger partial charge is 0.160 e. The average molecular weight is 226 g/mol. The molecule has 2 atom stereocenters. The van der Waals surface area contributed by atoms with Gasteiger partial charge in [0.25, 0.3) is 0 Å². The van der Waals surface area contributed by atoms with Gasteiger partial charge in [0.15, 0.2) is 6.29 Å². The minimum absolute atomic E-state index is 0.0819. The van der Waals surface area contributed by atoms with Crippen molar-refractivity contribution in [2.24, 2.45) is 5.92 Å². The van der Waals surface area contributed by atoms with Gasteiger partial charge in [0, 0.05) is 5.92 Å². The van der Waals surface area contributed by atoms with Gasteiger partial charge in [-0.1, -0.05) is 51.8 Å². The first-order chi connectivity index (χ1) is 7.79. The third kappa shape index (κ3) is 4.46. The van der Waals surface area contributed by atoms with E-state index >= 15 is 0 Å². The van der Waals surface area contributed by atoms with E-state index < -0.39 is 0 Å². The van der Waals surface area contributed by atoms with Crippen molar-refractivity contribution < 1.29 is 9.47 Å². The summed E-state index contributed by atoms with van der Waals surface area (Å²) in [5.74, 6) is 1.34. The molecule has 0 N–H and O–H groups in total. The van der Waals surface area contributed by atoms with Gasteiger partial charge in [-0.3, -0.25) is 0 Å². The summed E-state index contributed by atoms with van der Waals surface area (Å²) in [7, 11) is 2.36. The molecule has 0 aromatic rings. The van der Waals surface area contributed by atoms with E-state index in [1.54, 1.807) is 0 Å². The predicted molar refractivity (Wildman–Crippen MR) is 70.5 cm³/mol. The summed E-state index contributed by atoms with van der Waals surface area (Å²) in [6.07, 6.45) is 7.83. The second kappa shape index (κ2) is 8.13. The Morgan fingerprint density at radius 3 is 2.19 bits per heavy atom. The summed E-state index contributed by atoms with van der Waals surface area (Å²) in [5.41, 5.74) is 0. The molecule has 1 saturated heterocycles. The first-order valence-electron chi connectivity index (χ1n) is 7.02. The molecule has 0 aromatic heterocycles. The Morgan fingerprint density at radius 2 is 1.62 bits per heavy atom. The number of rotatable bonds is 8. The van der Waals surface area contributed by atoms with Gasteiger partial charge in [0.05, 0.1) is 13.2 Å². The molecule has 2 unspecified atom stereocenters. The molecule has 1 heterocycles. The van der Waals surface area contributed by atoms with E-state index in [1.165, 1.54) is 38.5 Å². The zero-order valence-corrected chi connectivity index (χ0v) is 11.2. The molecule has 0 radical (unpaired) electrons. The fourth-order valence-corrected chi connectivity index (χ4v) is 2.49. The van der Waals surface area contributed by atoms with Crippen LogP contribution in [-0.4, -0.2) is 27.4 Å². The van der Waals surface area contributed by atoms with Crippen molar-refractivity contribution in [3.8, 4) is 0 Å². The van der Waals surface area contributed by atoms with E-state index in [0.29, 0.717) is 5.92 Å². The van der Waals surface area contributed by atoms with Crippen LogP contribution in [0.25, 0.3) is 0 Å². The van der Waals surface area contributed by atoms with E-state index in [0.717, 1.165) is 19.0 Å². The normalized spacial score (nSPS) is 21.1. The van der Waals surface area contributed by atoms with Crippen LogP contribution in [0.2, 0.25) is 5.82 Å². The van der Waals surface area contributed by atoms with Crippen molar-refractivity contribution in [2.75, 3.05) is 13.2 Å². The Kier molecular flexibility index (Phi) is 7.14. The Hall–Kier alpha value is -0.0151. The fraction of sp³-hybridized carbons (Fsp3) is 1.00. The standard InChI is InChI=1S/C13H27BO2/c1-3-5-7-11(12(14)8-6-4-2)13-15-9-10-16-13/h11-13H,3-10,14H2,1-2H3. The van der Waals surface area contributed by atoms with E-state index in [1.807, 2.05) is 0 Å². The van der Waals surface area contributed by atoms with E-state index in [4.69, 9.17) is 9.47 Å². The highest BCUT2D eigenvalue weighted by Crippen LogP contribution is 2.32. The summed E-state index contributed by atoms with van der Waals surface area (Å²) >= 11 is 0. The van der Waals surface area contributed by atoms with Crippen molar-refractivity contribution in [1.29, 1.82) is 0 Å². The lowest BCUT2D eigenvalue weighted by Gasteiger charge is -2.28. The minimum atomic E-state index is 0.0819. The lowest BCUT2D eigenvalue weighted by molar-refractivity contribution is -0.0880. The molecule has 1 rings (SSSR count). The molecule has 1 aliphatic heterocycles. The second-order valence-corrected chi connectivity index (χ2v) is 5.04. The molecular weight excluding hydrogens is 199 g/mol. The Bertz CT molecular complexity index is 169. The van der Waals surface area contributed by atoms with Crippen molar-refractivity contribution in [3.63, 3.8) is 0 Å². The molecule has 1 fully saturated rings. The Morgan fingerprint density at radius 1 is 1.06 bits per heavy atom. The zero-order valence-electron chi connectivity index (χ0n) is 11.2. The van der Waals surface area contributed by atoms with Crippen molar-refractivity contribution >= 4 is 7.85 Å². The maximum Gasteiger partial charge on any atom is 0.160 e. The largest absolute Gasteiger partial charge is 0.350 e. The van der Waals surface area contributed by atoms with E-state index in [-0.39, 0.29) is 6.29 Å². The maximum absolute atomic E-state index is 5.69. The number of hydrogen-bond donors (Lipinski definition) is 0. The Balaban J connectivity index is 2.40. The summed E-state index contributed by atoms with van der Waals surface area (Å²) in [5, 5.41) is 0. The van der Waals surface area contributed by atoms with Crippen molar-refractivity contribution in [3.05, 3.63) is 0 Å². The van der Waals surface area contributed by atoms with Crippen LogP contribution >= 0.6 is 0 Å². The van der Waals surface area contributed by atoms with Gasteiger partial charge in [-0.25, -0.2) is 0 Å². The zero-order chi connectivity index (χ0) is 11.8. The number of unbranched alkanes of at least 4 members (excludes halogenated alkanes) is 2. The lowest BCUT2D eigenvalue weighted by atomic mass is 9.71. The van der Waals surface area contributed by atoms with Crippen molar-refractivity contribution in [2.45, 2.75) is 64.5 Å². The molecule has 0 bridgehead atoms. The quantitative estimate of drug-likeness (QED) is 0.592. The van der Waals surface area contributed by atoms with Crippen molar-refractivity contribution in [1.82, 2.24) is 0 Å². The molecule has 0 aromatic carbocycles. The Labute approximate surface area is 101 Å². The highest BCUT2D eigenvalue weighted by Gasteiger charge is 2.30. The van der Waals surface area contributed by atoms with Crippen LogP contribution in [0.3, 0.4) is 0 Å². The van der Waals surface area contributed by atoms with Gasteiger partial charge in [-0.15, -0.1) is 0 Å². The number of ether oxygens (including phenoxy) is 2. The van der Waals surface area contributed by atoms with Crippen LogP contribution in [-0.2, 0) is 9.47 Å². The molecule has 1 aliphatic rings. The molecule has 0 saturated carbocycles. The van der Waals surface area contributed by atoms with Crippen LogP contribution in [0.1, 0.15) is 52.4 Å². The minimum Gasteiger partial charge on any atom is -0.350 e. The van der Waals surface area contributed by atoms with E-state index in [2.05, 4.69) is 21.7 Å². The first kappa shape index (κ1) is 14.0. The molecule has 16 heavy (non-hydrogen) atoms. The van der Waals surface area contributed by atoms with Gasteiger partial charge >= 0.3 is 0 Å². The molecule has 0 spiro atoms. The summed E-state index contributed by atoms with van der Waals surface area (Å²) in [6.45, 7) is 6.09. The van der Waals surface area contributed by atoms with Gasteiger partial charge in [-0.2, -0.15) is 0 Å². The van der Waals surface area contributed by atoms with Crippen LogP contribution in [0.4, 0.5) is 0 Å². The molecule has 0 amide bonds. The van der Waals surface area contributed by atoms with Crippen LogP contribution in [0, 0.1) is 5.92 Å². The van der Waals surface area contributed by atoms with Crippen LogP contribution < -0.4 is 0 Å². The highest BCUT2D eigenvalue weighted by atomic mass is 16.7. The monoisotopic (exact) mass is 226 g/mol. The van der Waals surface area contributed by atoms with Gasteiger partial charge in [0.1, 0.15) is 7.85 Å². The molecule has 0 aliphatic carbocycles. The molecular formula is C13H27BO2. The van der Waals surface area contributed by atoms with Crippen LogP contribution in [0.15, 0.2) is 0 Å². The average Bonchev–Trinajstić information content (AvgIpc) is 2.80. The third-order valence-corrected chi connectivity index (χ3v) is 3.63. The number of hydrogen-bond acceptors (Lipinski definition) is 2. The van der Waals surface area contributed by atoms with Gasteiger partial charge in [0.2, 0.25) is 0 Å².